The maximum atomic E-state index is 4.31. The molecule has 0 saturated heterocycles. The van der Waals surface area contributed by atoms with Gasteiger partial charge in [-0.3, -0.25) is 0 Å². The summed E-state index contributed by atoms with van der Waals surface area (Å²) in [6.07, 6.45) is 6.57. The van der Waals surface area contributed by atoms with Crippen LogP contribution in [0.3, 0.4) is 0 Å². The molecule has 0 bridgehead atoms. The highest BCUT2D eigenvalue weighted by Gasteiger charge is 2.39. The van der Waals surface area contributed by atoms with Crippen molar-refractivity contribution in [2.75, 3.05) is 0 Å². The van der Waals surface area contributed by atoms with E-state index < -0.39 is 0 Å². The van der Waals surface area contributed by atoms with Crippen molar-refractivity contribution in [3.63, 3.8) is 0 Å². The highest BCUT2D eigenvalue weighted by Crippen LogP contribution is 2.50. The lowest BCUT2D eigenvalue weighted by Crippen LogP contribution is -2.23. The zero-order chi connectivity index (χ0) is 11.0. The minimum absolute atomic E-state index is 0.764. The van der Waals surface area contributed by atoms with Crippen LogP contribution in [0.2, 0.25) is 0 Å². The average Bonchev–Trinajstić information content (AvgIpc) is 2.45. The molecule has 2 aliphatic rings. The largest absolute Gasteiger partial charge is 0.0996 e. The molecule has 0 N–H and O–H groups in total. The van der Waals surface area contributed by atoms with Crippen LogP contribution in [0.15, 0.2) is 24.3 Å². The Labute approximate surface area is 94.5 Å². The van der Waals surface area contributed by atoms with Crippen LogP contribution in [0.4, 0.5) is 0 Å². The van der Waals surface area contributed by atoms with E-state index in [0.717, 1.165) is 23.7 Å². The number of rotatable bonds is 1. The van der Waals surface area contributed by atoms with Crippen LogP contribution in [0.25, 0.3) is 0 Å². The molecule has 0 amide bonds. The summed E-state index contributed by atoms with van der Waals surface area (Å²) in [5.74, 6) is 3.20. The van der Waals surface area contributed by atoms with E-state index >= 15 is 0 Å². The fourth-order valence-electron chi connectivity index (χ4n) is 3.71. The Morgan fingerprint density at radius 2 is 1.80 bits per heavy atom. The summed E-state index contributed by atoms with van der Waals surface area (Å²) in [6.45, 7) is 13.4. The summed E-state index contributed by atoms with van der Waals surface area (Å²) in [5, 5.41) is 0. The zero-order valence-electron chi connectivity index (χ0n) is 10.3. The van der Waals surface area contributed by atoms with Crippen molar-refractivity contribution < 1.29 is 0 Å². The minimum Gasteiger partial charge on any atom is -0.0996 e. The van der Waals surface area contributed by atoms with Crippen molar-refractivity contribution in [2.24, 2.45) is 23.7 Å². The summed E-state index contributed by atoms with van der Waals surface area (Å²) in [7, 11) is 0. The molecule has 0 aromatic rings. The van der Waals surface area contributed by atoms with Gasteiger partial charge in [0.1, 0.15) is 0 Å². The number of hydrogen-bond donors (Lipinski definition) is 0. The van der Waals surface area contributed by atoms with Gasteiger partial charge in [-0.15, -0.1) is 0 Å². The second-order valence-corrected chi connectivity index (χ2v) is 5.79. The molecule has 0 heterocycles. The fraction of sp³-hybridized carbons (Fsp3) is 0.733. The smallest absolute Gasteiger partial charge is 0.0109 e. The van der Waals surface area contributed by atoms with Gasteiger partial charge in [0.25, 0.3) is 0 Å². The molecule has 3 atom stereocenters. The van der Waals surface area contributed by atoms with Gasteiger partial charge in [-0.2, -0.15) is 0 Å². The monoisotopic (exact) mass is 204 g/mol. The first-order valence-corrected chi connectivity index (χ1v) is 6.46. The Hall–Kier alpha value is -0.520. The third-order valence-corrected chi connectivity index (χ3v) is 4.56. The molecule has 0 aromatic heterocycles. The van der Waals surface area contributed by atoms with Crippen molar-refractivity contribution in [3.8, 4) is 0 Å². The third-order valence-electron chi connectivity index (χ3n) is 4.56. The van der Waals surface area contributed by atoms with Gasteiger partial charge >= 0.3 is 0 Å². The Kier molecular flexibility index (Phi) is 3.04. The minimum atomic E-state index is 0.764. The first-order valence-electron chi connectivity index (χ1n) is 6.46. The van der Waals surface area contributed by atoms with Gasteiger partial charge in [-0.25, -0.2) is 0 Å². The highest BCUT2D eigenvalue weighted by molar-refractivity contribution is 5.21. The number of fused-ring (bicyclic) bond motifs is 1. The first kappa shape index (κ1) is 11.0. The van der Waals surface area contributed by atoms with E-state index in [0.29, 0.717) is 0 Å². The Morgan fingerprint density at radius 1 is 1.07 bits per heavy atom. The van der Waals surface area contributed by atoms with E-state index in [2.05, 4.69) is 27.0 Å². The van der Waals surface area contributed by atoms with Crippen LogP contribution in [-0.4, -0.2) is 0 Å². The van der Waals surface area contributed by atoms with Gasteiger partial charge < -0.3 is 0 Å². The summed E-state index contributed by atoms with van der Waals surface area (Å²) >= 11 is 0. The first-order chi connectivity index (χ1) is 7.11. The van der Waals surface area contributed by atoms with Gasteiger partial charge in [0.15, 0.2) is 0 Å². The molecule has 84 valence electrons. The van der Waals surface area contributed by atoms with Crippen molar-refractivity contribution in [1.82, 2.24) is 0 Å². The lowest BCUT2D eigenvalue weighted by Gasteiger charge is -2.30. The van der Waals surface area contributed by atoms with E-state index in [-0.39, 0.29) is 0 Å². The molecule has 2 saturated carbocycles. The highest BCUT2D eigenvalue weighted by atomic mass is 14.4. The molecule has 0 aromatic carbocycles. The number of allylic oxidation sites excluding steroid dienone is 2. The van der Waals surface area contributed by atoms with E-state index in [1.807, 2.05) is 0 Å². The average molecular weight is 204 g/mol. The van der Waals surface area contributed by atoms with Gasteiger partial charge in [0.05, 0.1) is 0 Å². The molecular formula is C15H24. The molecule has 0 spiro atoms. The molecular weight excluding hydrogens is 180 g/mol. The van der Waals surface area contributed by atoms with Crippen LogP contribution < -0.4 is 0 Å². The summed E-state index contributed by atoms with van der Waals surface area (Å²) < 4.78 is 0. The van der Waals surface area contributed by atoms with Crippen LogP contribution in [0.1, 0.15) is 46.0 Å². The second-order valence-electron chi connectivity index (χ2n) is 5.79. The molecule has 0 aliphatic heterocycles. The molecule has 15 heavy (non-hydrogen) atoms. The third kappa shape index (κ3) is 1.91. The van der Waals surface area contributed by atoms with Crippen molar-refractivity contribution in [3.05, 3.63) is 24.3 Å². The Balaban J connectivity index is 2.26. The quantitative estimate of drug-likeness (QED) is 0.548. The lowest BCUT2D eigenvalue weighted by atomic mass is 9.74. The van der Waals surface area contributed by atoms with E-state index in [1.165, 1.54) is 43.3 Å². The Bertz CT molecular complexity index is 272. The zero-order valence-corrected chi connectivity index (χ0v) is 10.3. The van der Waals surface area contributed by atoms with Crippen LogP contribution in [0, 0.1) is 23.7 Å². The molecule has 0 unspecified atom stereocenters. The second kappa shape index (κ2) is 4.15. The molecule has 0 heteroatoms. The summed E-state index contributed by atoms with van der Waals surface area (Å²) in [6, 6.07) is 0. The van der Waals surface area contributed by atoms with Crippen molar-refractivity contribution in [2.45, 2.75) is 46.0 Å². The van der Waals surface area contributed by atoms with Gasteiger partial charge in [0.2, 0.25) is 0 Å². The topological polar surface area (TPSA) is 0 Å². The van der Waals surface area contributed by atoms with Crippen LogP contribution >= 0.6 is 0 Å². The molecule has 2 rings (SSSR count). The van der Waals surface area contributed by atoms with Crippen molar-refractivity contribution in [1.29, 1.82) is 0 Å². The SMILES string of the molecule is C=C1CC[C@H]2C(=C)CCC[C@H](C(C)C)[C@@H]12. The van der Waals surface area contributed by atoms with Crippen LogP contribution in [0.5, 0.6) is 0 Å². The van der Waals surface area contributed by atoms with E-state index in [9.17, 15) is 0 Å². The maximum Gasteiger partial charge on any atom is -0.0109 e. The van der Waals surface area contributed by atoms with Crippen LogP contribution in [-0.2, 0) is 0 Å². The predicted octanol–water partition coefficient (Wildman–Crippen LogP) is 4.58. The molecule has 2 aliphatic carbocycles. The van der Waals surface area contributed by atoms with Gasteiger partial charge in [-0.1, -0.05) is 38.2 Å². The fourth-order valence-corrected chi connectivity index (χ4v) is 3.71. The molecule has 0 nitrogen and oxygen atoms in total. The van der Waals surface area contributed by atoms with Gasteiger partial charge in [-0.05, 0) is 55.8 Å². The standard InChI is InChI=1S/C15H24/c1-10(2)13-7-5-6-11(3)14-9-8-12(4)15(13)14/h10,13-15H,3-9H2,1-2H3/t13-,14+,15-/m1/s1. The summed E-state index contributed by atoms with van der Waals surface area (Å²) in [5.41, 5.74) is 3.03. The lowest BCUT2D eigenvalue weighted by molar-refractivity contribution is 0.249. The van der Waals surface area contributed by atoms with Crippen molar-refractivity contribution >= 4 is 0 Å². The maximum absolute atomic E-state index is 4.31. The van der Waals surface area contributed by atoms with Gasteiger partial charge in [0, 0.05) is 0 Å². The summed E-state index contributed by atoms with van der Waals surface area (Å²) in [4.78, 5) is 0. The normalized spacial score (nSPS) is 36.9. The van der Waals surface area contributed by atoms with E-state index in [4.69, 9.17) is 0 Å². The molecule has 2 fully saturated rings. The molecule has 0 radical (unpaired) electrons. The Morgan fingerprint density at radius 3 is 2.47 bits per heavy atom. The van der Waals surface area contributed by atoms with E-state index in [1.54, 1.807) is 0 Å². The predicted molar refractivity (Wildman–Crippen MR) is 66.7 cm³/mol. The number of hydrogen-bond acceptors (Lipinski definition) is 0.